The van der Waals surface area contributed by atoms with Gasteiger partial charge in [-0.1, -0.05) is 13.0 Å². The van der Waals surface area contributed by atoms with Crippen LogP contribution in [0.2, 0.25) is 0 Å². The molecule has 3 aliphatic heterocycles. The highest BCUT2D eigenvalue weighted by molar-refractivity contribution is 5.82. The second kappa shape index (κ2) is 10.6. The van der Waals surface area contributed by atoms with Crippen molar-refractivity contribution < 1.29 is 33.6 Å². The lowest BCUT2D eigenvalue weighted by atomic mass is 9.72. The molecule has 4 atom stereocenters. The number of likely N-dealkylation sites (tertiary alicyclic amines) is 1. The number of aromatic nitrogens is 1. The zero-order chi connectivity index (χ0) is 28.9. The van der Waals surface area contributed by atoms with Crippen LogP contribution in [0, 0.1) is 5.41 Å². The molecule has 0 unspecified atom stereocenters. The summed E-state index contributed by atoms with van der Waals surface area (Å²) in [7, 11) is 1.63. The number of aliphatic hydroxyl groups is 1. The van der Waals surface area contributed by atoms with Gasteiger partial charge >= 0.3 is 0 Å². The van der Waals surface area contributed by atoms with Crippen molar-refractivity contribution in [3.63, 3.8) is 0 Å². The van der Waals surface area contributed by atoms with Gasteiger partial charge in [-0.15, -0.1) is 0 Å². The molecular weight excluding hydrogens is 526 g/mol. The number of hydrogen-bond donors (Lipinski definition) is 1. The van der Waals surface area contributed by atoms with E-state index in [4.69, 9.17) is 23.7 Å². The van der Waals surface area contributed by atoms with Gasteiger partial charge in [0, 0.05) is 24.4 Å². The maximum atomic E-state index is 13.4. The average Bonchev–Trinajstić information content (AvgIpc) is 3.55. The number of carbonyl (C=O) groups is 1. The van der Waals surface area contributed by atoms with Crippen molar-refractivity contribution in [2.45, 2.75) is 76.7 Å². The third kappa shape index (κ3) is 5.69. The average molecular weight is 568 g/mol. The van der Waals surface area contributed by atoms with Crippen LogP contribution >= 0.6 is 0 Å². The Morgan fingerprint density at radius 3 is 2.46 bits per heavy atom. The number of carbonyl (C=O) groups excluding carboxylic acids is 1. The molecule has 1 N–H and O–H groups in total. The van der Waals surface area contributed by atoms with E-state index in [1.807, 2.05) is 51.1 Å². The SMILES string of the molecule is COc1ccc([C@@H]2CN(C(=O)[C@@H]3COC(C)(C)O3)C[C@@]2(C)[C@@H](C)O)cc1OC1CN(c2ccc(OC3CC3)cn2)C1. The van der Waals surface area contributed by atoms with E-state index in [2.05, 4.69) is 9.88 Å². The Balaban J connectivity index is 1.14. The Labute approximate surface area is 241 Å². The number of rotatable bonds is 9. The molecule has 1 saturated carbocycles. The second-order valence-electron chi connectivity index (χ2n) is 12.5. The van der Waals surface area contributed by atoms with Gasteiger partial charge in [-0.05, 0) is 63.4 Å². The van der Waals surface area contributed by atoms with Crippen LogP contribution in [0.3, 0.4) is 0 Å². The minimum Gasteiger partial charge on any atom is -0.493 e. The molecule has 10 heteroatoms. The molecule has 1 aliphatic carbocycles. The number of methoxy groups -OCH3 is 1. The van der Waals surface area contributed by atoms with Crippen molar-refractivity contribution in [3.05, 3.63) is 42.1 Å². The van der Waals surface area contributed by atoms with Gasteiger partial charge in [0.05, 0.1) is 45.2 Å². The predicted molar refractivity (Wildman–Crippen MR) is 152 cm³/mol. The Morgan fingerprint density at radius 2 is 1.85 bits per heavy atom. The summed E-state index contributed by atoms with van der Waals surface area (Å²) in [5.74, 6) is 2.03. The summed E-state index contributed by atoms with van der Waals surface area (Å²) in [4.78, 5) is 21.9. The number of ether oxygens (including phenoxy) is 5. The van der Waals surface area contributed by atoms with E-state index in [0.717, 1.165) is 30.0 Å². The van der Waals surface area contributed by atoms with Crippen LogP contribution < -0.4 is 19.1 Å². The highest BCUT2D eigenvalue weighted by atomic mass is 16.7. The summed E-state index contributed by atoms with van der Waals surface area (Å²) in [6, 6.07) is 9.88. The molecule has 1 amide bonds. The zero-order valence-electron chi connectivity index (χ0n) is 24.5. The van der Waals surface area contributed by atoms with Gasteiger partial charge < -0.3 is 38.6 Å². The monoisotopic (exact) mass is 567 g/mol. The largest absolute Gasteiger partial charge is 0.493 e. The molecule has 4 aliphatic rings. The van der Waals surface area contributed by atoms with Crippen LogP contribution in [0.1, 0.15) is 52.0 Å². The number of aliphatic hydroxyl groups excluding tert-OH is 1. The normalized spacial score (nSPS) is 28.3. The lowest BCUT2D eigenvalue weighted by Gasteiger charge is -2.40. The molecule has 222 valence electrons. The summed E-state index contributed by atoms with van der Waals surface area (Å²) < 4.78 is 29.3. The second-order valence-corrected chi connectivity index (χ2v) is 12.5. The van der Waals surface area contributed by atoms with Crippen molar-refractivity contribution in [3.8, 4) is 17.2 Å². The summed E-state index contributed by atoms with van der Waals surface area (Å²) in [6.45, 7) is 9.98. The van der Waals surface area contributed by atoms with E-state index in [0.29, 0.717) is 43.8 Å². The number of anilines is 1. The number of amides is 1. The highest BCUT2D eigenvalue weighted by Gasteiger charge is 2.51. The molecular formula is C31H41N3O7. The van der Waals surface area contributed by atoms with Gasteiger partial charge in [0.25, 0.3) is 5.91 Å². The van der Waals surface area contributed by atoms with Crippen LogP contribution in [0.4, 0.5) is 5.82 Å². The first kappa shape index (κ1) is 28.1. The van der Waals surface area contributed by atoms with Crippen molar-refractivity contribution in [2.24, 2.45) is 5.41 Å². The summed E-state index contributed by atoms with van der Waals surface area (Å²) in [5, 5.41) is 10.9. The molecule has 4 heterocycles. The van der Waals surface area contributed by atoms with Crippen LogP contribution in [0.5, 0.6) is 17.2 Å². The van der Waals surface area contributed by atoms with Crippen molar-refractivity contribution in [1.29, 1.82) is 0 Å². The molecule has 4 fully saturated rings. The fraction of sp³-hybridized carbons (Fsp3) is 0.613. The van der Waals surface area contributed by atoms with Gasteiger partial charge in [-0.2, -0.15) is 0 Å². The third-order valence-electron chi connectivity index (χ3n) is 8.88. The summed E-state index contributed by atoms with van der Waals surface area (Å²) in [6.07, 6.45) is 3.08. The summed E-state index contributed by atoms with van der Waals surface area (Å²) in [5.41, 5.74) is 0.442. The van der Waals surface area contributed by atoms with Gasteiger partial charge in [-0.25, -0.2) is 4.98 Å². The standard InChI is InChI=1S/C31H41N3O7/c1-19(35)31(4)18-34(29(36)27-17-38-30(2,3)41-27)16-24(31)20-6-10-25(37-5)26(12-20)40-23-14-33(15-23)28-11-9-22(13-32-28)39-21-7-8-21/h6,9-13,19,21,23-24,27,35H,7-8,14-18H2,1-5H3/t19-,24+,27+,31+/m1/s1. The van der Waals surface area contributed by atoms with Crippen LogP contribution in [-0.4, -0.2) is 91.0 Å². The number of nitrogens with zero attached hydrogens (tertiary/aromatic N) is 3. The molecule has 0 bridgehead atoms. The fourth-order valence-corrected chi connectivity index (χ4v) is 5.99. The van der Waals surface area contributed by atoms with Crippen molar-refractivity contribution in [1.82, 2.24) is 9.88 Å². The van der Waals surface area contributed by atoms with Gasteiger partial charge in [0.1, 0.15) is 17.7 Å². The number of hydrogen-bond acceptors (Lipinski definition) is 9. The van der Waals surface area contributed by atoms with E-state index in [9.17, 15) is 9.90 Å². The Morgan fingerprint density at radius 1 is 1.07 bits per heavy atom. The van der Waals surface area contributed by atoms with E-state index in [-0.39, 0.29) is 24.5 Å². The molecule has 2 aromatic rings. The number of pyridine rings is 1. The Kier molecular flexibility index (Phi) is 7.28. The fourth-order valence-electron chi connectivity index (χ4n) is 5.99. The molecule has 6 rings (SSSR count). The smallest absolute Gasteiger partial charge is 0.254 e. The van der Waals surface area contributed by atoms with Crippen molar-refractivity contribution in [2.75, 3.05) is 44.8 Å². The first-order valence-electron chi connectivity index (χ1n) is 14.6. The molecule has 41 heavy (non-hydrogen) atoms. The molecule has 0 radical (unpaired) electrons. The van der Waals surface area contributed by atoms with Crippen LogP contribution in [0.25, 0.3) is 0 Å². The first-order valence-corrected chi connectivity index (χ1v) is 14.6. The minimum absolute atomic E-state index is 0.0176. The van der Waals surface area contributed by atoms with E-state index >= 15 is 0 Å². The maximum Gasteiger partial charge on any atom is 0.254 e. The predicted octanol–water partition coefficient (Wildman–Crippen LogP) is 3.36. The Bertz CT molecular complexity index is 1260. The Hall–Kier alpha value is -3.08. The minimum atomic E-state index is -0.781. The van der Waals surface area contributed by atoms with E-state index in [1.54, 1.807) is 25.1 Å². The summed E-state index contributed by atoms with van der Waals surface area (Å²) >= 11 is 0. The number of benzene rings is 1. The quantitative estimate of drug-likeness (QED) is 0.489. The lowest BCUT2D eigenvalue weighted by molar-refractivity contribution is -0.159. The van der Waals surface area contributed by atoms with Gasteiger partial charge in [0.2, 0.25) is 0 Å². The van der Waals surface area contributed by atoms with Crippen LogP contribution in [0.15, 0.2) is 36.5 Å². The van der Waals surface area contributed by atoms with E-state index < -0.39 is 23.4 Å². The topological polar surface area (TPSA) is 103 Å². The highest BCUT2D eigenvalue weighted by Crippen LogP contribution is 2.47. The lowest BCUT2D eigenvalue weighted by Crippen LogP contribution is -2.54. The maximum absolute atomic E-state index is 13.4. The third-order valence-corrected chi connectivity index (χ3v) is 8.88. The van der Waals surface area contributed by atoms with E-state index in [1.165, 1.54) is 0 Å². The molecule has 0 spiro atoms. The molecule has 1 aromatic carbocycles. The van der Waals surface area contributed by atoms with Gasteiger partial charge in [0.15, 0.2) is 23.4 Å². The van der Waals surface area contributed by atoms with Gasteiger partial charge in [-0.3, -0.25) is 4.79 Å². The zero-order valence-corrected chi connectivity index (χ0v) is 24.5. The first-order chi connectivity index (χ1) is 19.5. The van der Waals surface area contributed by atoms with Crippen molar-refractivity contribution >= 4 is 11.7 Å². The molecule has 10 nitrogen and oxygen atoms in total. The van der Waals surface area contributed by atoms with Crippen LogP contribution in [-0.2, 0) is 14.3 Å². The molecule has 1 aromatic heterocycles. The molecule has 3 saturated heterocycles.